The summed E-state index contributed by atoms with van der Waals surface area (Å²) in [5.74, 6) is 0.590. The Bertz CT molecular complexity index is 1210. The molecule has 0 bridgehead atoms. The highest BCUT2D eigenvalue weighted by Gasteiger charge is 2.30. The van der Waals surface area contributed by atoms with Crippen LogP contribution in [0, 0.1) is 0 Å². The molecule has 0 amide bonds. The van der Waals surface area contributed by atoms with Gasteiger partial charge in [0, 0.05) is 37.1 Å². The highest BCUT2D eigenvalue weighted by atomic mass is 32.2. The molecule has 0 aliphatic carbocycles. The Labute approximate surface area is 211 Å². The van der Waals surface area contributed by atoms with Crippen LogP contribution in [0.1, 0.15) is 59.0 Å². The molecule has 0 fully saturated rings. The van der Waals surface area contributed by atoms with E-state index in [4.69, 9.17) is 9.72 Å². The van der Waals surface area contributed by atoms with E-state index in [0.29, 0.717) is 25.1 Å². The first-order chi connectivity index (χ1) is 16.7. The van der Waals surface area contributed by atoms with Crippen LogP contribution in [-0.4, -0.2) is 43.2 Å². The van der Waals surface area contributed by atoms with Crippen molar-refractivity contribution in [2.24, 2.45) is 7.05 Å². The molecule has 0 radical (unpaired) electrons. The van der Waals surface area contributed by atoms with Gasteiger partial charge in [0.2, 0.25) is 0 Å². The van der Waals surface area contributed by atoms with Crippen molar-refractivity contribution in [2.45, 2.75) is 76.5 Å². The van der Waals surface area contributed by atoms with Gasteiger partial charge < -0.3 is 10.1 Å². The zero-order chi connectivity index (χ0) is 25.6. The third kappa shape index (κ3) is 6.25. The van der Waals surface area contributed by atoms with Gasteiger partial charge in [-0.3, -0.25) is 18.8 Å². The van der Waals surface area contributed by atoms with Crippen LogP contribution >= 0.6 is 11.8 Å². The first-order valence-electron chi connectivity index (χ1n) is 12.4. The average Bonchev–Trinajstić information content (AvgIpc) is 3.14. The Morgan fingerprint density at radius 2 is 1.89 bits per heavy atom. The minimum Gasteiger partial charge on any atom is -0.465 e. The number of carbonyl (C=O) groups is 1. The molecule has 0 atom stereocenters. The van der Waals surface area contributed by atoms with Crippen LogP contribution in [0.5, 0.6) is 0 Å². The minimum absolute atomic E-state index is 0.0187. The summed E-state index contributed by atoms with van der Waals surface area (Å²) >= 11 is 1.49. The molecular formula is C26H37N5O3S. The van der Waals surface area contributed by atoms with E-state index in [1.165, 1.54) is 11.8 Å². The van der Waals surface area contributed by atoms with E-state index in [1.54, 1.807) is 9.25 Å². The minimum atomic E-state index is -0.643. The van der Waals surface area contributed by atoms with Crippen molar-refractivity contribution in [2.75, 3.05) is 18.5 Å². The van der Waals surface area contributed by atoms with E-state index in [1.807, 2.05) is 59.0 Å². The number of thioether (sulfide) groups is 1. The van der Waals surface area contributed by atoms with Gasteiger partial charge in [0.25, 0.3) is 5.56 Å². The number of aryl methyl sites for hydroxylation is 3. The van der Waals surface area contributed by atoms with Gasteiger partial charge in [0.05, 0.1) is 12.3 Å². The fraction of sp³-hybridized carbons (Fsp3) is 0.538. The highest BCUT2D eigenvalue weighted by Crippen LogP contribution is 2.34. The molecule has 0 unspecified atom stereocenters. The molecule has 1 N–H and O–H groups in total. The summed E-state index contributed by atoms with van der Waals surface area (Å²) in [7, 11) is 1.82. The number of carbonyl (C=O) groups excluding carboxylic acids is 1. The number of nitrogens with zero attached hydrogens (tertiary/aromatic N) is 4. The van der Waals surface area contributed by atoms with Gasteiger partial charge >= 0.3 is 5.97 Å². The van der Waals surface area contributed by atoms with Gasteiger partial charge in [-0.1, -0.05) is 20.3 Å². The average molecular weight is 500 g/mol. The number of esters is 1. The van der Waals surface area contributed by atoms with Crippen molar-refractivity contribution in [1.82, 2.24) is 19.3 Å². The number of aromatic nitrogens is 4. The van der Waals surface area contributed by atoms with Crippen molar-refractivity contribution in [3.05, 3.63) is 46.1 Å². The lowest BCUT2D eigenvalue weighted by Crippen LogP contribution is -2.29. The van der Waals surface area contributed by atoms with Crippen LogP contribution in [0.2, 0.25) is 0 Å². The number of anilines is 1. The van der Waals surface area contributed by atoms with Gasteiger partial charge in [-0.05, 0) is 57.9 Å². The predicted molar refractivity (Wildman–Crippen MR) is 142 cm³/mol. The number of nitrogens with one attached hydrogen (secondary N) is 1. The first kappa shape index (κ1) is 26.8. The molecule has 8 nitrogen and oxygen atoms in total. The van der Waals surface area contributed by atoms with Gasteiger partial charge in [-0.15, -0.1) is 11.8 Å². The molecule has 0 aliphatic heterocycles. The normalized spacial score (nSPS) is 11.7. The van der Waals surface area contributed by atoms with Crippen molar-refractivity contribution in [1.29, 1.82) is 0 Å². The van der Waals surface area contributed by atoms with E-state index in [2.05, 4.69) is 17.3 Å². The lowest BCUT2D eigenvalue weighted by molar-refractivity contribution is -0.145. The first-order valence-corrected chi connectivity index (χ1v) is 13.2. The topological polar surface area (TPSA) is 91.0 Å². The molecule has 2 aromatic heterocycles. The largest absolute Gasteiger partial charge is 0.465 e. The lowest BCUT2D eigenvalue weighted by Gasteiger charge is -2.21. The summed E-state index contributed by atoms with van der Waals surface area (Å²) in [4.78, 5) is 31.2. The number of benzene rings is 1. The molecule has 190 valence electrons. The van der Waals surface area contributed by atoms with Gasteiger partial charge in [0.15, 0.2) is 5.52 Å². The number of fused-ring (bicyclic) bond motifs is 1. The van der Waals surface area contributed by atoms with Crippen molar-refractivity contribution in [3.8, 4) is 0 Å². The summed E-state index contributed by atoms with van der Waals surface area (Å²) < 4.78 is 7.99. The van der Waals surface area contributed by atoms with Gasteiger partial charge in [-0.25, -0.2) is 4.98 Å². The second kappa shape index (κ2) is 11.7. The van der Waals surface area contributed by atoms with Crippen LogP contribution in [-0.2, 0) is 36.0 Å². The fourth-order valence-corrected chi connectivity index (χ4v) is 5.02. The van der Waals surface area contributed by atoms with Crippen LogP contribution in [0.25, 0.3) is 11.0 Å². The number of rotatable bonds is 12. The SMILES string of the molecule is CCCc1nn(C)c2c(=O)n(CCCNc3ccc(SC(C)(C)C(=O)OCC)cc3)c(CC)nc12. The highest BCUT2D eigenvalue weighted by molar-refractivity contribution is 8.01. The second-order valence-electron chi connectivity index (χ2n) is 8.99. The standard InChI is InChI=1S/C26H37N5O3S/c1-7-11-20-22-23(30(6)29-20)24(32)31(21(8-2)28-22)17-10-16-27-18-12-14-19(15-13-18)35-26(4,5)25(33)34-9-3/h12-15,27H,7-11,16-17H2,1-6H3. The zero-order valence-electron chi connectivity index (χ0n) is 21.7. The molecule has 35 heavy (non-hydrogen) atoms. The van der Waals surface area contributed by atoms with Crippen molar-refractivity contribution in [3.63, 3.8) is 0 Å². The monoisotopic (exact) mass is 499 g/mol. The molecule has 2 heterocycles. The molecule has 0 spiro atoms. The summed E-state index contributed by atoms with van der Waals surface area (Å²) in [5.41, 5.74) is 3.20. The predicted octanol–water partition coefficient (Wildman–Crippen LogP) is 4.58. The smallest absolute Gasteiger partial charge is 0.321 e. The quantitative estimate of drug-likeness (QED) is 0.222. The fourth-order valence-electron chi connectivity index (χ4n) is 4.02. The van der Waals surface area contributed by atoms with Crippen LogP contribution in [0.15, 0.2) is 34.0 Å². The molecule has 0 saturated carbocycles. The zero-order valence-corrected chi connectivity index (χ0v) is 22.5. The number of ether oxygens (including phenoxy) is 1. The molecule has 9 heteroatoms. The Balaban J connectivity index is 1.62. The Hall–Kier alpha value is -2.81. The Kier molecular flexibility index (Phi) is 8.99. The van der Waals surface area contributed by atoms with E-state index in [0.717, 1.165) is 53.4 Å². The number of hydrogen-bond acceptors (Lipinski definition) is 7. The van der Waals surface area contributed by atoms with Gasteiger partial charge in [-0.2, -0.15) is 5.10 Å². The third-order valence-electron chi connectivity index (χ3n) is 5.78. The molecule has 3 rings (SSSR count). The summed E-state index contributed by atoms with van der Waals surface area (Å²) in [6.07, 6.45) is 3.26. The van der Waals surface area contributed by atoms with E-state index in [-0.39, 0.29) is 11.5 Å². The summed E-state index contributed by atoms with van der Waals surface area (Å²) in [6, 6.07) is 8.01. The van der Waals surface area contributed by atoms with Crippen LogP contribution < -0.4 is 10.9 Å². The molecule has 1 aromatic carbocycles. The van der Waals surface area contributed by atoms with Crippen LogP contribution in [0.3, 0.4) is 0 Å². The Morgan fingerprint density at radius 1 is 1.17 bits per heavy atom. The molecule has 0 aliphatic rings. The summed E-state index contributed by atoms with van der Waals surface area (Å²) in [5, 5.41) is 7.96. The van der Waals surface area contributed by atoms with Crippen LogP contribution in [0.4, 0.5) is 5.69 Å². The second-order valence-corrected chi connectivity index (χ2v) is 10.7. The number of hydrogen-bond donors (Lipinski definition) is 1. The van der Waals surface area contributed by atoms with Crippen molar-refractivity contribution >= 4 is 34.5 Å². The van der Waals surface area contributed by atoms with Gasteiger partial charge in [0.1, 0.15) is 16.1 Å². The Morgan fingerprint density at radius 3 is 2.51 bits per heavy atom. The maximum absolute atomic E-state index is 13.3. The maximum Gasteiger partial charge on any atom is 0.321 e. The van der Waals surface area contributed by atoms with E-state index < -0.39 is 4.75 Å². The third-order valence-corrected chi connectivity index (χ3v) is 6.96. The van der Waals surface area contributed by atoms with E-state index >= 15 is 0 Å². The van der Waals surface area contributed by atoms with E-state index in [9.17, 15) is 9.59 Å². The molecule has 0 saturated heterocycles. The molecule has 3 aromatic rings. The van der Waals surface area contributed by atoms with Crippen molar-refractivity contribution < 1.29 is 9.53 Å². The summed E-state index contributed by atoms with van der Waals surface area (Å²) in [6.45, 7) is 11.4. The lowest BCUT2D eigenvalue weighted by atomic mass is 10.2. The maximum atomic E-state index is 13.3. The molecular weight excluding hydrogens is 462 g/mol.